The average molecular weight is 449 g/mol. The van der Waals surface area contributed by atoms with Crippen LogP contribution in [0.4, 0.5) is 0 Å². The summed E-state index contributed by atoms with van der Waals surface area (Å²) in [5.74, 6) is 0.995. The van der Waals surface area contributed by atoms with E-state index in [-0.39, 0.29) is 5.78 Å². The zero-order valence-electron chi connectivity index (χ0n) is 21.1. The van der Waals surface area contributed by atoms with E-state index < -0.39 is 0 Å². The number of aryl methyl sites for hydroxylation is 3. The molecule has 2 aromatic heterocycles. The van der Waals surface area contributed by atoms with Crippen molar-refractivity contribution in [2.24, 2.45) is 0 Å². The molecule has 3 aromatic rings. The smallest absolute Gasteiger partial charge is 0.210 e. The lowest BCUT2D eigenvalue weighted by Crippen LogP contribution is -2.27. The number of ketones is 1. The zero-order chi connectivity index (χ0) is 23.8. The van der Waals surface area contributed by atoms with E-state index >= 15 is 0 Å². The number of carbonyl (C=O) groups is 1. The lowest BCUT2D eigenvalue weighted by Gasteiger charge is -2.21. The Balaban J connectivity index is 1.76. The van der Waals surface area contributed by atoms with E-state index in [4.69, 9.17) is 4.74 Å². The molecule has 0 aliphatic rings. The Labute approximate surface area is 199 Å². The minimum Gasteiger partial charge on any atom is -0.493 e. The van der Waals surface area contributed by atoms with E-state index in [9.17, 15) is 4.79 Å². The maximum Gasteiger partial charge on any atom is 0.210 e. The van der Waals surface area contributed by atoms with Crippen LogP contribution >= 0.6 is 0 Å². The molecule has 0 amide bonds. The van der Waals surface area contributed by atoms with E-state index in [2.05, 4.69) is 37.8 Å². The summed E-state index contributed by atoms with van der Waals surface area (Å²) in [5.41, 5.74) is 5.75. The standard InChI is InChI=1S/C29H40N2O2/c1-6-12-24-21-26-13-9-10-17-31(26)27(24)28(32)25-19-22(4)29(23(5)20-25)33-18-11-16-30(14-7-2)15-8-3/h9-10,13,17,19-21H,6-8,11-12,14-16,18H2,1-5H3. The number of fused-ring (bicyclic) bond motifs is 1. The number of ether oxygens (including phenoxy) is 1. The topological polar surface area (TPSA) is 34.0 Å². The van der Waals surface area contributed by atoms with E-state index in [1.54, 1.807) is 0 Å². The maximum atomic E-state index is 13.6. The van der Waals surface area contributed by atoms with Crippen LogP contribution in [0.15, 0.2) is 42.6 Å². The number of pyridine rings is 1. The van der Waals surface area contributed by atoms with Gasteiger partial charge in [-0.15, -0.1) is 0 Å². The van der Waals surface area contributed by atoms with Crippen molar-refractivity contribution in [3.05, 3.63) is 70.5 Å². The second-order valence-electron chi connectivity index (χ2n) is 9.08. The number of hydrogen-bond acceptors (Lipinski definition) is 3. The first-order valence-corrected chi connectivity index (χ1v) is 12.6. The summed E-state index contributed by atoms with van der Waals surface area (Å²) in [6.07, 6.45) is 7.28. The first kappa shape index (κ1) is 25.0. The third-order valence-corrected chi connectivity index (χ3v) is 6.16. The van der Waals surface area contributed by atoms with E-state index in [0.717, 1.165) is 78.1 Å². The van der Waals surface area contributed by atoms with Crippen molar-refractivity contribution >= 4 is 11.3 Å². The molecule has 4 nitrogen and oxygen atoms in total. The van der Waals surface area contributed by atoms with Crippen LogP contribution in [0.3, 0.4) is 0 Å². The van der Waals surface area contributed by atoms with Gasteiger partial charge in [-0.2, -0.15) is 0 Å². The summed E-state index contributed by atoms with van der Waals surface area (Å²) in [4.78, 5) is 16.1. The molecule has 33 heavy (non-hydrogen) atoms. The molecule has 0 atom stereocenters. The molecule has 0 aliphatic carbocycles. The SMILES string of the molecule is CCCc1cc2ccccn2c1C(=O)c1cc(C)c(OCCCN(CCC)CCC)c(C)c1. The van der Waals surface area contributed by atoms with Gasteiger partial charge in [0, 0.05) is 23.8 Å². The van der Waals surface area contributed by atoms with Crippen LogP contribution in [0.2, 0.25) is 0 Å². The number of carbonyl (C=O) groups excluding carboxylic acids is 1. The normalized spacial score (nSPS) is 11.5. The number of hydrogen-bond donors (Lipinski definition) is 0. The fourth-order valence-electron chi connectivity index (χ4n) is 4.77. The molecule has 0 fully saturated rings. The van der Waals surface area contributed by atoms with Crippen molar-refractivity contribution in [1.82, 2.24) is 9.30 Å². The van der Waals surface area contributed by atoms with Crippen LogP contribution in [0.5, 0.6) is 5.75 Å². The summed E-state index contributed by atoms with van der Waals surface area (Å²) in [6, 6.07) is 12.2. The van der Waals surface area contributed by atoms with Gasteiger partial charge in [-0.3, -0.25) is 4.79 Å². The van der Waals surface area contributed by atoms with E-state index in [1.807, 2.05) is 48.7 Å². The van der Waals surface area contributed by atoms with Gasteiger partial charge in [-0.25, -0.2) is 0 Å². The maximum absolute atomic E-state index is 13.6. The van der Waals surface area contributed by atoms with Gasteiger partial charge in [0.05, 0.1) is 12.3 Å². The minimum atomic E-state index is 0.0807. The Bertz CT molecular complexity index is 1040. The molecule has 3 rings (SSSR count). The Hall–Kier alpha value is -2.59. The van der Waals surface area contributed by atoms with Gasteiger partial charge in [0.25, 0.3) is 0 Å². The third-order valence-electron chi connectivity index (χ3n) is 6.16. The highest BCUT2D eigenvalue weighted by Crippen LogP contribution is 2.28. The fourth-order valence-corrected chi connectivity index (χ4v) is 4.77. The lowest BCUT2D eigenvalue weighted by molar-refractivity contribution is 0.103. The van der Waals surface area contributed by atoms with Crippen LogP contribution in [0.25, 0.3) is 5.52 Å². The predicted octanol–water partition coefficient (Wildman–Crippen LogP) is 6.63. The number of aromatic nitrogens is 1. The molecule has 0 saturated heterocycles. The van der Waals surface area contributed by atoms with Gasteiger partial charge in [0.15, 0.2) is 0 Å². The fraction of sp³-hybridized carbons (Fsp3) is 0.483. The molecule has 0 aliphatic heterocycles. The summed E-state index contributed by atoms with van der Waals surface area (Å²) in [5, 5.41) is 0. The second-order valence-corrected chi connectivity index (χ2v) is 9.08. The first-order valence-electron chi connectivity index (χ1n) is 12.6. The monoisotopic (exact) mass is 448 g/mol. The minimum absolute atomic E-state index is 0.0807. The second kappa shape index (κ2) is 12.0. The van der Waals surface area contributed by atoms with Crippen LogP contribution in [-0.4, -0.2) is 41.3 Å². The van der Waals surface area contributed by atoms with Gasteiger partial charge < -0.3 is 14.0 Å². The summed E-state index contributed by atoms with van der Waals surface area (Å²) in [7, 11) is 0. The number of benzene rings is 1. The quantitative estimate of drug-likeness (QED) is 0.217. The Kier molecular flexibility index (Phi) is 9.13. The highest BCUT2D eigenvalue weighted by molar-refractivity contribution is 6.10. The Morgan fingerprint density at radius 1 is 0.939 bits per heavy atom. The van der Waals surface area contributed by atoms with Crippen molar-refractivity contribution in [2.45, 2.75) is 66.7 Å². The van der Waals surface area contributed by atoms with Gasteiger partial charge in [0.1, 0.15) is 5.75 Å². The van der Waals surface area contributed by atoms with Gasteiger partial charge in [0.2, 0.25) is 5.78 Å². The third kappa shape index (κ3) is 6.05. The highest BCUT2D eigenvalue weighted by Gasteiger charge is 2.20. The molecule has 0 unspecified atom stereocenters. The summed E-state index contributed by atoms with van der Waals surface area (Å²) in [6.45, 7) is 14.8. The molecule has 0 bridgehead atoms. The summed E-state index contributed by atoms with van der Waals surface area (Å²) >= 11 is 0. The molecular weight excluding hydrogens is 408 g/mol. The van der Waals surface area contributed by atoms with Crippen molar-refractivity contribution in [3.63, 3.8) is 0 Å². The largest absolute Gasteiger partial charge is 0.493 e. The molecule has 0 spiro atoms. The molecule has 2 heterocycles. The molecule has 4 heteroatoms. The van der Waals surface area contributed by atoms with Crippen LogP contribution in [-0.2, 0) is 6.42 Å². The van der Waals surface area contributed by atoms with E-state index in [1.165, 1.54) is 12.8 Å². The first-order chi connectivity index (χ1) is 16.0. The molecule has 0 radical (unpaired) electrons. The summed E-state index contributed by atoms with van der Waals surface area (Å²) < 4.78 is 8.22. The van der Waals surface area contributed by atoms with Gasteiger partial charge in [-0.05, 0) is 99.6 Å². The molecular formula is C29H40N2O2. The molecule has 0 saturated carbocycles. The molecule has 0 N–H and O–H groups in total. The number of nitrogens with zero attached hydrogens (tertiary/aromatic N) is 2. The van der Waals surface area contributed by atoms with E-state index in [0.29, 0.717) is 6.61 Å². The highest BCUT2D eigenvalue weighted by atomic mass is 16.5. The average Bonchev–Trinajstić information content (AvgIpc) is 3.15. The lowest BCUT2D eigenvalue weighted by atomic mass is 9.98. The van der Waals surface area contributed by atoms with Gasteiger partial charge in [-0.1, -0.05) is 33.3 Å². The van der Waals surface area contributed by atoms with Crippen LogP contribution in [0, 0.1) is 13.8 Å². The zero-order valence-corrected chi connectivity index (χ0v) is 21.1. The predicted molar refractivity (Wildman–Crippen MR) is 138 cm³/mol. The van der Waals surface area contributed by atoms with Gasteiger partial charge >= 0.3 is 0 Å². The van der Waals surface area contributed by atoms with Crippen molar-refractivity contribution in [3.8, 4) is 5.75 Å². The van der Waals surface area contributed by atoms with Crippen LogP contribution in [0.1, 0.15) is 79.2 Å². The van der Waals surface area contributed by atoms with Crippen molar-refractivity contribution in [2.75, 3.05) is 26.2 Å². The van der Waals surface area contributed by atoms with Crippen molar-refractivity contribution < 1.29 is 9.53 Å². The Morgan fingerprint density at radius 3 is 2.27 bits per heavy atom. The van der Waals surface area contributed by atoms with Crippen molar-refractivity contribution in [1.29, 1.82) is 0 Å². The Morgan fingerprint density at radius 2 is 1.64 bits per heavy atom. The molecule has 1 aromatic carbocycles. The number of rotatable bonds is 13. The molecule has 178 valence electrons. The van der Waals surface area contributed by atoms with Crippen LogP contribution < -0.4 is 4.74 Å².